The molecule has 1 saturated heterocycles. The highest BCUT2D eigenvalue weighted by molar-refractivity contribution is 5.88. The van der Waals surface area contributed by atoms with Crippen LogP contribution in [0, 0.1) is 5.92 Å². The maximum atomic E-state index is 11.9. The van der Waals surface area contributed by atoms with Crippen molar-refractivity contribution in [3.05, 3.63) is 48.0 Å². The Hall–Kier alpha value is -2.36. The Balaban J connectivity index is 1.87. The number of carbonyl (C=O) groups excluding carboxylic acids is 1. The number of benzene rings is 2. The predicted molar refractivity (Wildman–Crippen MR) is 75.1 cm³/mol. The lowest BCUT2D eigenvalue weighted by molar-refractivity contribution is -0.141. The summed E-state index contributed by atoms with van der Waals surface area (Å²) in [5, 5.41) is 11.3. The van der Waals surface area contributed by atoms with Gasteiger partial charge in [-0.1, -0.05) is 42.5 Å². The number of amides is 1. The van der Waals surface area contributed by atoms with Crippen LogP contribution in [-0.4, -0.2) is 28.4 Å². The van der Waals surface area contributed by atoms with Gasteiger partial charge in [-0.15, -0.1) is 0 Å². The second kappa shape index (κ2) is 4.96. The van der Waals surface area contributed by atoms with Crippen molar-refractivity contribution in [2.24, 2.45) is 5.92 Å². The van der Waals surface area contributed by atoms with Gasteiger partial charge in [0.2, 0.25) is 5.91 Å². The summed E-state index contributed by atoms with van der Waals surface area (Å²) in [7, 11) is 0. The number of carboxylic acid groups (broad SMARTS) is 1. The zero-order valence-corrected chi connectivity index (χ0v) is 11.0. The fourth-order valence-electron chi connectivity index (χ4n) is 2.73. The first-order valence-corrected chi connectivity index (χ1v) is 6.62. The first-order chi connectivity index (χ1) is 9.65. The Morgan fingerprint density at radius 2 is 1.95 bits per heavy atom. The summed E-state index contributed by atoms with van der Waals surface area (Å²) in [6.45, 7) is 0.779. The molecule has 1 N–H and O–H groups in total. The molecule has 1 atom stereocenters. The summed E-state index contributed by atoms with van der Waals surface area (Å²) in [6.07, 6.45) is 0.111. The van der Waals surface area contributed by atoms with Crippen LogP contribution in [0.2, 0.25) is 0 Å². The smallest absolute Gasteiger partial charge is 0.308 e. The first-order valence-electron chi connectivity index (χ1n) is 6.62. The van der Waals surface area contributed by atoms with E-state index in [1.807, 2.05) is 42.5 Å². The van der Waals surface area contributed by atoms with Crippen molar-refractivity contribution in [3.63, 3.8) is 0 Å². The predicted octanol–water partition coefficient (Wildman–Crippen LogP) is 2.27. The van der Waals surface area contributed by atoms with Crippen molar-refractivity contribution in [1.29, 1.82) is 0 Å². The largest absolute Gasteiger partial charge is 0.481 e. The second-order valence-corrected chi connectivity index (χ2v) is 5.15. The van der Waals surface area contributed by atoms with Crippen LogP contribution >= 0.6 is 0 Å². The van der Waals surface area contributed by atoms with Crippen LogP contribution in [0.25, 0.3) is 10.8 Å². The summed E-state index contributed by atoms with van der Waals surface area (Å²) in [5.74, 6) is -1.54. The Bertz CT molecular complexity index is 675. The Kier molecular flexibility index (Phi) is 3.14. The lowest BCUT2D eigenvalue weighted by Gasteiger charge is -2.17. The molecule has 1 amide bonds. The van der Waals surface area contributed by atoms with E-state index in [9.17, 15) is 9.59 Å². The highest BCUT2D eigenvalue weighted by Gasteiger charge is 2.34. The van der Waals surface area contributed by atoms with E-state index in [4.69, 9.17) is 5.11 Å². The molecule has 2 aromatic rings. The minimum Gasteiger partial charge on any atom is -0.481 e. The van der Waals surface area contributed by atoms with Gasteiger partial charge in [0, 0.05) is 19.5 Å². The molecule has 0 aromatic heterocycles. The van der Waals surface area contributed by atoms with Crippen LogP contribution in [0.3, 0.4) is 0 Å². The fourth-order valence-corrected chi connectivity index (χ4v) is 2.73. The van der Waals surface area contributed by atoms with Crippen LogP contribution < -0.4 is 0 Å². The third-order valence-electron chi connectivity index (χ3n) is 3.80. The van der Waals surface area contributed by atoms with Crippen LogP contribution in [-0.2, 0) is 16.1 Å². The molecule has 4 nitrogen and oxygen atoms in total. The number of hydrogen-bond acceptors (Lipinski definition) is 2. The molecule has 1 aliphatic rings. The third kappa shape index (κ3) is 2.25. The molecule has 0 unspecified atom stereocenters. The molecule has 102 valence electrons. The van der Waals surface area contributed by atoms with Gasteiger partial charge in [-0.2, -0.15) is 0 Å². The lowest BCUT2D eigenvalue weighted by Crippen LogP contribution is -2.25. The summed E-state index contributed by atoms with van der Waals surface area (Å²) >= 11 is 0. The molecule has 1 heterocycles. The van der Waals surface area contributed by atoms with Gasteiger partial charge in [0.05, 0.1) is 5.92 Å². The Morgan fingerprint density at radius 3 is 2.70 bits per heavy atom. The number of rotatable bonds is 3. The number of aliphatic carboxylic acids is 1. The summed E-state index contributed by atoms with van der Waals surface area (Å²) in [4.78, 5) is 24.5. The maximum absolute atomic E-state index is 11.9. The van der Waals surface area contributed by atoms with E-state index < -0.39 is 11.9 Å². The quantitative estimate of drug-likeness (QED) is 0.930. The van der Waals surface area contributed by atoms with Crippen molar-refractivity contribution < 1.29 is 14.7 Å². The highest BCUT2D eigenvalue weighted by atomic mass is 16.4. The van der Waals surface area contributed by atoms with Crippen molar-refractivity contribution in [1.82, 2.24) is 4.90 Å². The molecule has 1 fully saturated rings. The molecular formula is C16H15NO3. The van der Waals surface area contributed by atoms with Gasteiger partial charge in [0.25, 0.3) is 0 Å². The Morgan fingerprint density at radius 1 is 1.20 bits per heavy atom. The van der Waals surface area contributed by atoms with Gasteiger partial charge in [0.15, 0.2) is 0 Å². The van der Waals surface area contributed by atoms with E-state index in [0.717, 1.165) is 16.3 Å². The second-order valence-electron chi connectivity index (χ2n) is 5.15. The van der Waals surface area contributed by atoms with E-state index in [2.05, 4.69) is 0 Å². The van der Waals surface area contributed by atoms with E-state index in [0.29, 0.717) is 13.1 Å². The van der Waals surface area contributed by atoms with Gasteiger partial charge < -0.3 is 10.0 Å². The van der Waals surface area contributed by atoms with Gasteiger partial charge in [-0.05, 0) is 16.3 Å². The van der Waals surface area contributed by atoms with E-state index in [-0.39, 0.29) is 12.3 Å². The van der Waals surface area contributed by atoms with E-state index in [1.165, 1.54) is 0 Å². The Labute approximate surface area is 116 Å². The zero-order valence-electron chi connectivity index (χ0n) is 11.0. The third-order valence-corrected chi connectivity index (χ3v) is 3.80. The van der Waals surface area contributed by atoms with Crippen molar-refractivity contribution in [3.8, 4) is 0 Å². The first kappa shape index (κ1) is 12.7. The standard InChI is InChI=1S/C16H15NO3/c18-15-8-13(16(19)20)10-17(15)9-12-6-3-5-11-4-1-2-7-14(11)12/h1-7,13H,8-10H2,(H,19,20)/t13-/m1/s1. The monoisotopic (exact) mass is 269 g/mol. The fraction of sp³-hybridized carbons (Fsp3) is 0.250. The maximum Gasteiger partial charge on any atom is 0.308 e. The van der Waals surface area contributed by atoms with Crippen LogP contribution in [0.15, 0.2) is 42.5 Å². The molecule has 0 aliphatic carbocycles. The average molecular weight is 269 g/mol. The number of carbonyl (C=O) groups is 2. The van der Waals surface area contributed by atoms with E-state index in [1.54, 1.807) is 4.90 Å². The molecular weight excluding hydrogens is 254 g/mol. The topological polar surface area (TPSA) is 57.6 Å². The summed E-state index contributed by atoms with van der Waals surface area (Å²) in [5.41, 5.74) is 1.06. The minimum atomic E-state index is -0.890. The van der Waals surface area contributed by atoms with Crippen molar-refractivity contribution in [2.75, 3.05) is 6.54 Å². The molecule has 3 rings (SSSR count). The van der Waals surface area contributed by atoms with Gasteiger partial charge in [0.1, 0.15) is 0 Å². The molecule has 4 heteroatoms. The molecule has 2 aromatic carbocycles. The number of fused-ring (bicyclic) bond motifs is 1. The highest BCUT2D eigenvalue weighted by Crippen LogP contribution is 2.24. The molecule has 1 aliphatic heterocycles. The van der Waals surface area contributed by atoms with Gasteiger partial charge in [-0.3, -0.25) is 9.59 Å². The zero-order chi connectivity index (χ0) is 14.1. The average Bonchev–Trinajstić information content (AvgIpc) is 2.81. The van der Waals surface area contributed by atoms with Crippen molar-refractivity contribution >= 4 is 22.6 Å². The molecule has 20 heavy (non-hydrogen) atoms. The van der Waals surface area contributed by atoms with Crippen LogP contribution in [0.1, 0.15) is 12.0 Å². The number of hydrogen-bond donors (Lipinski definition) is 1. The van der Waals surface area contributed by atoms with Crippen molar-refractivity contribution in [2.45, 2.75) is 13.0 Å². The van der Waals surface area contributed by atoms with Gasteiger partial charge >= 0.3 is 5.97 Å². The normalized spacial score (nSPS) is 18.7. The molecule has 0 spiro atoms. The van der Waals surface area contributed by atoms with Gasteiger partial charge in [-0.25, -0.2) is 0 Å². The SMILES string of the molecule is O=C(O)[C@@H]1CC(=O)N(Cc2cccc3ccccc23)C1. The number of carboxylic acids is 1. The molecule has 0 radical (unpaired) electrons. The van der Waals surface area contributed by atoms with Crippen LogP contribution in [0.4, 0.5) is 0 Å². The molecule has 0 bridgehead atoms. The summed E-state index contributed by atoms with van der Waals surface area (Å²) in [6, 6.07) is 14.0. The number of nitrogens with zero attached hydrogens (tertiary/aromatic N) is 1. The van der Waals surface area contributed by atoms with Crippen LogP contribution in [0.5, 0.6) is 0 Å². The van der Waals surface area contributed by atoms with E-state index >= 15 is 0 Å². The summed E-state index contributed by atoms with van der Waals surface area (Å²) < 4.78 is 0. The minimum absolute atomic E-state index is 0.0784. The number of likely N-dealkylation sites (tertiary alicyclic amines) is 1. The molecule has 0 saturated carbocycles. The lowest BCUT2D eigenvalue weighted by atomic mass is 10.0.